The van der Waals surface area contributed by atoms with Gasteiger partial charge in [-0.15, -0.1) is 0 Å². The molecule has 0 bridgehead atoms. The van der Waals surface area contributed by atoms with Crippen molar-refractivity contribution in [3.63, 3.8) is 0 Å². The molecule has 0 saturated carbocycles. The molecule has 1 aromatic carbocycles. The lowest BCUT2D eigenvalue weighted by Gasteiger charge is -2.46. The molecule has 2 aliphatic heterocycles. The van der Waals surface area contributed by atoms with Crippen LogP contribution >= 0.6 is 27.7 Å². The van der Waals surface area contributed by atoms with Crippen LogP contribution in [0.3, 0.4) is 0 Å². The van der Waals surface area contributed by atoms with E-state index in [0.29, 0.717) is 11.2 Å². The van der Waals surface area contributed by atoms with Crippen molar-refractivity contribution in [2.24, 2.45) is 10.7 Å². The van der Waals surface area contributed by atoms with Gasteiger partial charge in [-0.05, 0) is 42.9 Å². The zero-order valence-corrected chi connectivity index (χ0v) is 13.4. The number of nitrogens with two attached hydrogens (primary N) is 1. The third-order valence-corrected chi connectivity index (χ3v) is 6.14. The van der Waals surface area contributed by atoms with Gasteiger partial charge in [-0.1, -0.05) is 22.9 Å². The molecule has 1 aromatic rings. The Morgan fingerprint density at radius 2 is 2.16 bits per heavy atom. The van der Waals surface area contributed by atoms with Gasteiger partial charge in [0.15, 0.2) is 5.96 Å². The van der Waals surface area contributed by atoms with E-state index in [1.165, 1.54) is 18.6 Å². The predicted octanol–water partition coefficient (Wildman–Crippen LogP) is 3.24. The van der Waals surface area contributed by atoms with Crippen LogP contribution in [0.5, 0.6) is 0 Å². The molecule has 2 unspecified atom stereocenters. The molecule has 2 aliphatic rings. The number of anilines is 1. The standard InChI is InChI=1S/C14H18BrN3S/c1-10-14(7-2-8-19-10)9-17-13(16)18(14)12-5-3-11(15)4-6-12/h3-6,10H,2,7-9H2,1H3,(H2,16,17). The van der Waals surface area contributed by atoms with Crippen molar-refractivity contribution in [2.75, 3.05) is 17.2 Å². The number of hydrogen-bond donors (Lipinski definition) is 1. The van der Waals surface area contributed by atoms with Crippen LogP contribution in [0.2, 0.25) is 0 Å². The molecule has 0 aromatic heterocycles. The van der Waals surface area contributed by atoms with Gasteiger partial charge in [0.05, 0.1) is 12.1 Å². The minimum atomic E-state index is 0.0703. The van der Waals surface area contributed by atoms with Gasteiger partial charge < -0.3 is 10.6 Å². The van der Waals surface area contributed by atoms with E-state index in [1.807, 2.05) is 11.8 Å². The molecule has 0 amide bonds. The summed E-state index contributed by atoms with van der Waals surface area (Å²) in [6, 6.07) is 8.36. The van der Waals surface area contributed by atoms with E-state index in [9.17, 15) is 0 Å². The lowest BCUT2D eigenvalue weighted by Crippen LogP contribution is -2.58. The van der Waals surface area contributed by atoms with Crippen LogP contribution in [0.1, 0.15) is 19.8 Å². The van der Waals surface area contributed by atoms with Crippen molar-refractivity contribution in [3.8, 4) is 0 Å². The Hall–Kier alpha value is -0.680. The lowest BCUT2D eigenvalue weighted by molar-refractivity contribution is 0.404. The molecule has 1 saturated heterocycles. The van der Waals surface area contributed by atoms with Crippen molar-refractivity contribution in [1.82, 2.24) is 0 Å². The third kappa shape index (κ3) is 2.17. The van der Waals surface area contributed by atoms with Crippen molar-refractivity contribution in [3.05, 3.63) is 28.7 Å². The molecule has 0 radical (unpaired) electrons. The fraction of sp³-hybridized carbons (Fsp3) is 0.500. The van der Waals surface area contributed by atoms with Gasteiger partial charge in [-0.2, -0.15) is 11.8 Å². The summed E-state index contributed by atoms with van der Waals surface area (Å²) in [7, 11) is 0. The maximum atomic E-state index is 6.17. The molecule has 2 atom stereocenters. The smallest absolute Gasteiger partial charge is 0.196 e. The van der Waals surface area contributed by atoms with E-state index >= 15 is 0 Å². The van der Waals surface area contributed by atoms with Crippen molar-refractivity contribution >= 4 is 39.3 Å². The number of guanidine groups is 1. The summed E-state index contributed by atoms with van der Waals surface area (Å²) in [6.45, 7) is 3.13. The summed E-state index contributed by atoms with van der Waals surface area (Å²) in [5.74, 6) is 1.91. The molecule has 19 heavy (non-hydrogen) atoms. The zero-order valence-electron chi connectivity index (χ0n) is 11.0. The van der Waals surface area contributed by atoms with E-state index < -0.39 is 0 Å². The second-order valence-corrected chi connectivity index (χ2v) is 7.57. The molecule has 1 fully saturated rings. The summed E-state index contributed by atoms with van der Waals surface area (Å²) in [5.41, 5.74) is 7.39. The highest BCUT2D eigenvalue weighted by molar-refractivity contribution is 9.10. The van der Waals surface area contributed by atoms with Gasteiger partial charge in [-0.3, -0.25) is 4.99 Å². The van der Waals surface area contributed by atoms with Crippen LogP contribution < -0.4 is 10.6 Å². The van der Waals surface area contributed by atoms with Gasteiger partial charge in [0.25, 0.3) is 0 Å². The number of halogens is 1. The number of aliphatic imine (C=N–C) groups is 1. The maximum Gasteiger partial charge on any atom is 0.196 e. The lowest BCUT2D eigenvalue weighted by atomic mass is 9.88. The Morgan fingerprint density at radius 1 is 1.42 bits per heavy atom. The largest absolute Gasteiger partial charge is 0.369 e. The topological polar surface area (TPSA) is 41.6 Å². The second kappa shape index (κ2) is 5.02. The minimum Gasteiger partial charge on any atom is -0.369 e. The molecule has 3 rings (SSSR count). The molecular weight excluding hydrogens is 322 g/mol. The SMILES string of the molecule is CC1SCCCC12CN=C(N)N2c1ccc(Br)cc1. The molecule has 102 valence electrons. The van der Waals surface area contributed by atoms with Crippen LogP contribution in [0, 0.1) is 0 Å². The summed E-state index contributed by atoms with van der Waals surface area (Å²) in [4.78, 5) is 6.80. The molecule has 2 N–H and O–H groups in total. The zero-order chi connectivity index (χ0) is 13.5. The van der Waals surface area contributed by atoms with Crippen LogP contribution in [0.25, 0.3) is 0 Å². The van der Waals surface area contributed by atoms with E-state index in [-0.39, 0.29) is 5.54 Å². The van der Waals surface area contributed by atoms with Gasteiger partial charge in [0, 0.05) is 15.4 Å². The van der Waals surface area contributed by atoms with E-state index in [0.717, 1.165) is 16.7 Å². The summed E-state index contributed by atoms with van der Waals surface area (Å²) < 4.78 is 1.09. The van der Waals surface area contributed by atoms with E-state index in [1.54, 1.807) is 0 Å². The average molecular weight is 340 g/mol. The van der Waals surface area contributed by atoms with E-state index in [2.05, 4.69) is 57.0 Å². The van der Waals surface area contributed by atoms with Gasteiger partial charge >= 0.3 is 0 Å². The third-order valence-electron chi connectivity index (χ3n) is 4.15. The first-order valence-corrected chi connectivity index (χ1v) is 8.45. The van der Waals surface area contributed by atoms with Crippen molar-refractivity contribution < 1.29 is 0 Å². The van der Waals surface area contributed by atoms with Crippen LogP contribution in [0.15, 0.2) is 33.7 Å². The van der Waals surface area contributed by atoms with Crippen LogP contribution in [-0.2, 0) is 0 Å². The highest BCUT2D eigenvalue weighted by Crippen LogP contribution is 2.43. The fourth-order valence-electron chi connectivity index (χ4n) is 3.06. The first kappa shape index (κ1) is 13.3. The second-order valence-electron chi connectivity index (χ2n) is 5.21. The highest BCUT2D eigenvalue weighted by Gasteiger charge is 2.48. The maximum absolute atomic E-state index is 6.17. The van der Waals surface area contributed by atoms with Gasteiger partial charge in [0.1, 0.15) is 0 Å². The Kier molecular flexibility index (Phi) is 3.52. The minimum absolute atomic E-state index is 0.0703. The summed E-state index contributed by atoms with van der Waals surface area (Å²) in [5, 5.41) is 0.551. The molecule has 1 spiro atoms. The van der Waals surface area contributed by atoms with Crippen LogP contribution in [0.4, 0.5) is 5.69 Å². The normalized spacial score (nSPS) is 30.7. The number of rotatable bonds is 1. The summed E-state index contributed by atoms with van der Waals surface area (Å²) in [6.07, 6.45) is 2.41. The highest BCUT2D eigenvalue weighted by atomic mass is 79.9. The Labute approximate surface area is 126 Å². The first-order chi connectivity index (χ1) is 9.13. The molecule has 0 aliphatic carbocycles. The molecule has 5 heteroatoms. The van der Waals surface area contributed by atoms with Crippen molar-refractivity contribution in [1.29, 1.82) is 0 Å². The Bertz CT molecular complexity index is 502. The number of thioether (sulfide) groups is 1. The predicted molar refractivity (Wildman–Crippen MR) is 87.0 cm³/mol. The van der Waals surface area contributed by atoms with Crippen molar-refractivity contribution in [2.45, 2.75) is 30.6 Å². The van der Waals surface area contributed by atoms with Gasteiger partial charge in [-0.25, -0.2) is 0 Å². The molecular formula is C14H18BrN3S. The molecule has 3 nitrogen and oxygen atoms in total. The Morgan fingerprint density at radius 3 is 2.84 bits per heavy atom. The van der Waals surface area contributed by atoms with Crippen LogP contribution in [-0.4, -0.2) is 29.0 Å². The monoisotopic (exact) mass is 339 g/mol. The first-order valence-electron chi connectivity index (χ1n) is 6.61. The van der Waals surface area contributed by atoms with E-state index in [4.69, 9.17) is 5.73 Å². The molecule has 2 heterocycles. The Balaban J connectivity index is 2.00. The quantitative estimate of drug-likeness (QED) is 0.853. The summed E-state index contributed by atoms with van der Waals surface area (Å²) >= 11 is 5.52. The number of hydrogen-bond acceptors (Lipinski definition) is 4. The number of benzene rings is 1. The number of nitrogens with zero attached hydrogens (tertiary/aromatic N) is 2. The average Bonchev–Trinajstić information content (AvgIpc) is 2.73. The van der Waals surface area contributed by atoms with Gasteiger partial charge in [0.2, 0.25) is 0 Å². The fourth-order valence-corrected chi connectivity index (χ4v) is 4.60.